The number of ether oxygens (including phenoxy) is 1. The van der Waals surface area contributed by atoms with E-state index in [-0.39, 0.29) is 0 Å². The van der Waals surface area contributed by atoms with Crippen molar-refractivity contribution in [3.8, 4) is 5.75 Å². The molecule has 0 unspecified atom stereocenters. The molecule has 0 aliphatic carbocycles. The van der Waals surface area contributed by atoms with Crippen molar-refractivity contribution in [2.75, 3.05) is 7.11 Å². The quantitative estimate of drug-likeness (QED) is 0.258. The molecule has 0 fully saturated rings. The van der Waals surface area contributed by atoms with Crippen molar-refractivity contribution in [2.45, 2.75) is 114 Å². The number of pyridine rings is 1. The molecule has 0 atom stereocenters. The lowest BCUT2D eigenvalue weighted by Gasteiger charge is -2.08. The van der Waals surface area contributed by atoms with Gasteiger partial charge in [0, 0.05) is 17.5 Å². The van der Waals surface area contributed by atoms with Gasteiger partial charge in [-0.15, -0.1) is 0 Å². The number of hydrogen-bond donors (Lipinski definition) is 1. The number of benzene rings is 1. The van der Waals surface area contributed by atoms with Gasteiger partial charge >= 0.3 is 0 Å². The fourth-order valence-electron chi connectivity index (χ4n) is 3.66. The van der Waals surface area contributed by atoms with E-state index < -0.39 is 0 Å². The van der Waals surface area contributed by atoms with E-state index in [4.69, 9.17) is 21.7 Å². The highest BCUT2D eigenvalue weighted by Crippen LogP contribution is 2.21. The summed E-state index contributed by atoms with van der Waals surface area (Å²) in [5.74, 6) is 2.02. The molecule has 1 aromatic carbocycles. The Balaban J connectivity index is 0. The zero-order valence-electron chi connectivity index (χ0n) is 24.4. The topological polar surface area (TPSA) is 46.0 Å². The minimum Gasteiger partial charge on any atom is -0.496 e. The minimum atomic E-state index is 0.491. The van der Waals surface area contributed by atoms with Gasteiger partial charge < -0.3 is 10.1 Å². The molecule has 200 valence electrons. The molecule has 0 aliphatic heterocycles. The summed E-state index contributed by atoms with van der Waals surface area (Å²) in [5.41, 5.74) is 5.14. The Bertz CT molecular complexity index is 801. The summed E-state index contributed by atoms with van der Waals surface area (Å²) >= 11 is 5.72. The molecule has 0 amide bonds. The van der Waals surface area contributed by atoms with Crippen molar-refractivity contribution in [1.82, 2.24) is 4.98 Å². The number of nitrogens with one attached hydrogen (secondary N) is 1. The molecule has 0 aliphatic rings. The van der Waals surface area contributed by atoms with E-state index in [0.29, 0.717) is 10.9 Å². The highest BCUT2D eigenvalue weighted by atomic mass is 35.5. The Kier molecular flexibility index (Phi) is 22.8. The Morgan fingerprint density at radius 1 is 0.971 bits per heavy atom. The molecule has 1 N–H and O–H groups in total. The number of aryl methyl sites for hydroxylation is 3. The van der Waals surface area contributed by atoms with Crippen molar-refractivity contribution >= 4 is 17.3 Å². The van der Waals surface area contributed by atoms with Crippen LogP contribution >= 0.6 is 11.6 Å². The summed E-state index contributed by atoms with van der Waals surface area (Å²) in [6.07, 6.45) is 11.2. The van der Waals surface area contributed by atoms with E-state index in [2.05, 4.69) is 64.7 Å². The van der Waals surface area contributed by atoms with Crippen LogP contribution in [0.3, 0.4) is 0 Å². The van der Waals surface area contributed by atoms with Crippen molar-refractivity contribution in [3.63, 3.8) is 0 Å². The molecule has 1 heterocycles. The average molecular weight is 505 g/mol. The number of methoxy groups -OCH3 is 1. The van der Waals surface area contributed by atoms with Crippen LogP contribution in [0.15, 0.2) is 30.5 Å². The Hall–Kier alpha value is -1.87. The lowest BCUT2D eigenvalue weighted by atomic mass is 9.98. The SMILES string of the molecule is CC.CCCC(=N)c1cnc(Cl)cc1C.CCCC(CC)CC.CCCc1ccc(C)cc1OC. The highest BCUT2D eigenvalue weighted by Gasteiger charge is 2.05. The maximum atomic E-state index is 7.76. The minimum absolute atomic E-state index is 0.491. The molecule has 3 nitrogen and oxygen atoms in total. The van der Waals surface area contributed by atoms with E-state index in [1.807, 2.05) is 20.8 Å². The third-order valence-electron chi connectivity index (χ3n) is 5.72. The third kappa shape index (κ3) is 15.7. The van der Waals surface area contributed by atoms with Gasteiger partial charge in [-0.1, -0.05) is 111 Å². The second-order valence-electron chi connectivity index (χ2n) is 8.59. The Labute approximate surface area is 222 Å². The van der Waals surface area contributed by atoms with Crippen LogP contribution in [0.5, 0.6) is 5.75 Å². The fourth-order valence-corrected chi connectivity index (χ4v) is 3.87. The third-order valence-corrected chi connectivity index (χ3v) is 5.92. The lowest BCUT2D eigenvalue weighted by molar-refractivity contribution is 0.409. The number of halogens is 1. The van der Waals surface area contributed by atoms with Gasteiger partial charge in [-0.25, -0.2) is 4.98 Å². The number of aromatic nitrogens is 1. The molecule has 0 spiro atoms. The smallest absolute Gasteiger partial charge is 0.129 e. The van der Waals surface area contributed by atoms with Gasteiger partial charge in [0.1, 0.15) is 10.9 Å². The highest BCUT2D eigenvalue weighted by molar-refractivity contribution is 6.29. The molecule has 0 saturated carbocycles. The molecule has 1 aromatic heterocycles. The van der Waals surface area contributed by atoms with Crippen LogP contribution < -0.4 is 4.74 Å². The Morgan fingerprint density at radius 3 is 2.03 bits per heavy atom. The standard InChI is InChI=1S/C11H16O.C10H13ClN2.C8H18.C2H6/c1-4-5-10-7-6-9(2)8-11(10)12-3;1-3-4-9(12)8-6-13-10(11)5-7(8)2;1-4-7-8(5-2)6-3;1-2/h6-8H,4-5H2,1-3H3;5-6,12H,3-4H2,1-2H3;8H,4-7H2,1-3H3;1-2H3. The van der Waals surface area contributed by atoms with Gasteiger partial charge in [0.25, 0.3) is 0 Å². The molecule has 2 rings (SSSR count). The predicted molar refractivity (Wildman–Crippen MR) is 158 cm³/mol. The Morgan fingerprint density at radius 2 is 1.60 bits per heavy atom. The molecule has 0 bridgehead atoms. The van der Waals surface area contributed by atoms with Crippen molar-refractivity contribution < 1.29 is 4.74 Å². The first-order valence-corrected chi connectivity index (χ1v) is 14.0. The van der Waals surface area contributed by atoms with Crippen LogP contribution in [0.2, 0.25) is 5.15 Å². The number of rotatable bonds is 10. The van der Waals surface area contributed by atoms with Crippen molar-refractivity contribution in [3.05, 3.63) is 57.9 Å². The number of hydrogen-bond acceptors (Lipinski definition) is 3. The zero-order chi connectivity index (χ0) is 27.2. The van der Waals surface area contributed by atoms with E-state index in [9.17, 15) is 0 Å². The van der Waals surface area contributed by atoms with Crippen LogP contribution in [0, 0.1) is 25.2 Å². The van der Waals surface area contributed by atoms with Crippen LogP contribution in [0.25, 0.3) is 0 Å². The average Bonchev–Trinajstić information content (AvgIpc) is 2.86. The van der Waals surface area contributed by atoms with Crippen LogP contribution in [-0.4, -0.2) is 17.8 Å². The molecule has 4 heteroatoms. The van der Waals surface area contributed by atoms with Crippen molar-refractivity contribution in [2.24, 2.45) is 5.92 Å². The summed E-state index contributed by atoms with van der Waals surface area (Å²) in [6, 6.07) is 8.16. The van der Waals surface area contributed by atoms with E-state index in [1.54, 1.807) is 19.4 Å². The molecular weight excluding hydrogens is 452 g/mol. The predicted octanol–water partition coefficient (Wildman–Crippen LogP) is 10.4. The first-order valence-electron chi connectivity index (χ1n) is 13.6. The molecule has 2 aromatic rings. The maximum absolute atomic E-state index is 7.76. The first kappa shape index (κ1) is 35.3. The summed E-state index contributed by atoms with van der Waals surface area (Å²) in [5, 5.41) is 8.25. The first-order chi connectivity index (χ1) is 16.8. The fraction of sp³-hybridized carbons (Fsp3) is 0.613. The zero-order valence-corrected chi connectivity index (χ0v) is 25.1. The van der Waals surface area contributed by atoms with Gasteiger partial charge in [0.05, 0.1) is 7.11 Å². The van der Waals surface area contributed by atoms with Gasteiger partial charge in [0.15, 0.2) is 0 Å². The van der Waals surface area contributed by atoms with Gasteiger partial charge in [-0.05, 0) is 61.4 Å². The molecular formula is C31H53ClN2O. The molecule has 35 heavy (non-hydrogen) atoms. The van der Waals surface area contributed by atoms with Crippen molar-refractivity contribution in [1.29, 1.82) is 5.41 Å². The summed E-state index contributed by atoms with van der Waals surface area (Å²) < 4.78 is 5.28. The largest absolute Gasteiger partial charge is 0.496 e. The van der Waals surface area contributed by atoms with Gasteiger partial charge in [0.2, 0.25) is 0 Å². The van der Waals surface area contributed by atoms with Crippen LogP contribution in [-0.2, 0) is 6.42 Å². The monoisotopic (exact) mass is 504 g/mol. The number of nitrogens with zero attached hydrogens (tertiary/aromatic N) is 1. The second-order valence-corrected chi connectivity index (χ2v) is 8.97. The normalized spacial score (nSPS) is 9.71. The molecule has 0 radical (unpaired) electrons. The van der Waals surface area contributed by atoms with E-state index >= 15 is 0 Å². The van der Waals surface area contributed by atoms with E-state index in [1.165, 1.54) is 43.2 Å². The second kappa shape index (κ2) is 22.6. The van der Waals surface area contributed by atoms with E-state index in [0.717, 1.165) is 42.1 Å². The maximum Gasteiger partial charge on any atom is 0.129 e. The van der Waals surface area contributed by atoms with Crippen LogP contribution in [0.4, 0.5) is 0 Å². The van der Waals surface area contributed by atoms with Gasteiger partial charge in [-0.2, -0.15) is 0 Å². The summed E-state index contributed by atoms with van der Waals surface area (Å²) in [6.45, 7) is 19.1. The lowest BCUT2D eigenvalue weighted by Crippen LogP contribution is -2.01. The summed E-state index contributed by atoms with van der Waals surface area (Å²) in [4.78, 5) is 3.97. The molecule has 0 saturated heterocycles. The van der Waals surface area contributed by atoms with Gasteiger partial charge in [-0.3, -0.25) is 0 Å². The summed E-state index contributed by atoms with van der Waals surface area (Å²) in [7, 11) is 1.73. The van der Waals surface area contributed by atoms with Crippen LogP contribution in [0.1, 0.15) is 116 Å².